The minimum atomic E-state index is -0.596. The number of hydrogen-bond donors (Lipinski definition) is 1. The fraction of sp³-hybridized carbons (Fsp3) is 0.500. The third-order valence-electron chi connectivity index (χ3n) is 2.87. The zero-order chi connectivity index (χ0) is 15.3. The van der Waals surface area contributed by atoms with E-state index >= 15 is 0 Å². The first kappa shape index (κ1) is 15.9. The molecular formula is C14H20N2O4. The Bertz CT molecular complexity index is 500. The molecule has 6 nitrogen and oxygen atoms in total. The molecule has 110 valence electrons. The fourth-order valence-corrected chi connectivity index (χ4v) is 1.93. The maximum absolute atomic E-state index is 11.7. The van der Waals surface area contributed by atoms with Gasteiger partial charge in [-0.3, -0.25) is 10.1 Å². The first-order valence-corrected chi connectivity index (χ1v) is 6.44. The molecule has 1 rings (SSSR count). The maximum Gasteiger partial charge on any atom is 0.328 e. The second-order valence-corrected chi connectivity index (χ2v) is 5.13. The van der Waals surface area contributed by atoms with Crippen LogP contribution in [0.1, 0.15) is 25.8 Å². The van der Waals surface area contributed by atoms with Crippen molar-refractivity contribution in [1.82, 2.24) is 0 Å². The summed E-state index contributed by atoms with van der Waals surface area (Å²) in [4.78, 5) is 22.4. The van der Waals surface area contributed by atoms with Crippen LogP contribution in [0.15, 0.2) is 18.2 Å². The van der Waals surface area contributed by atoms with E-state index in [4.69, 9.17) is 4.74 Å². The Morgan fingerprint density at radius 3 is 2.60 bits per heavy atom. The van der Waals surface area contributed by atoms with E-state index < -0.39 is 16.9 Å². The molecule has 1 unspecified atom stereocenters. The van der Waals surface area contributed by atoms with Gasteiger partial charge in [0.05, 0.1) is 12.0 Å². The number of nitro groups is 1. The van der Waals surface area contributed by atoms with Gasteiger partial charge >= 0.3 is 5.97 Å². The maximum atomic E-state index is 11.7. The minimum absolute atomic E-state index is 0.0392. The number of carbonyl (C=O) groups is 1. The van der Waals surface area contributed by atoms with Gasteiger partial charge in [0, 0.05) is 6.07 Å². The van der Waals surface area contributed by atoms with E-state index in [-0.39, 0.29) is 11.6 Å². The lowest BCUT2D eigenvalue weighted by atomic mass is 10.0. The summed E-state index contributed by atoms with van der Waals surface area (Å²) in [6.07, 6.45) is 0.539. The van der Waals surface area contributed by atoms with E-state index in [1.807, 2.05) is 13.8 Å². The van der Waals surface area contributed by atoms with Crippen LogP contribution in [0, 0.1) is 23.0 Å². The lowest BCUT2D eigenvalue weighted by Gasteiger charge is -2.19. The van der Waals surface area contributed by atoms with Crippen molar-refractivity contribution in [3.8, 4) is 0 Å². The van der Waals surface area contributed by atoms with E-state index in [9.17, 15) is 14.9 Å². The smallest absolute Gasteiger partial charge is 0.328 e. The number of hydrogen-bond acceptors (Lipinski definition) is 5. The highest BCUT2D eigenvalue weighted by Crippen LogP contribution is 2.27. The van der Waals surface area contributed by atoms with Crippen LogP contribution in [0.3, 0.4) is 0 Å². The molecule has 0 aliphatic carbocycles. The van der Waals surface area contributed by atoms with Crippen LogP contribution in [0.25, 0.3) is 0 Å². The van der Waals surface area contributed by atoms with Crippen LogP contribution >= 0.6 is 0 Å². The summed E-state index contributed by atoms with van der Waals surface area (Å²) in [6.45, 7) is 5.73. The molecule has 0 bridgehead atoms. The first-order valence-electron chi connectivity index (χ1n) is 6.44. The Balaban J connectivity index is 3.04. The van der Waals surface area contributed by atoms with Crippen LogP contribution in [0.5, 0.6) is 0 Å². The number of nitrogens with zero attached hydrogens (tertiary/aromatic N) is 1. The highest BCUT2D eigenvalue weighted by molar-refractivity contribution is 5.80. The SMILES string of the molecule is COC(=O)C(CC(C)C)Nc1ccc(C)cc1[N+](=O)[O-]. The van der Waals surface area contributed by atoms with Gasteiger partial charge in [0.15, 0.2) is 0 Å². The zero-order valence-electron chi connectivity index (χ0n) is 12.2. The van der Waals surface area contributed by atoms with Gasteiger partial charge in [-0.1, -0.05) is 19.9 Å². The van der Waals surface area contributed by atoms with Gasteiger partial charge in [0.2, 0.25) is 0 Å². The Morgan fingerprint density at radius 2 is 2.10 bits per heavy atom. The van der Waals surface area contributed by atoms with Crippen molar-refractivity contribution in [3.05, 3.63) is 33.9 Å². The quantitative estimate of drug-likeness (QED) is 0.492. The Morgan fingerprint density at radius 1 is 1.45 bits per heavy atom. The Labute approximate surface area is 118 Å². The first-order chi connectivity index (χ1) is 9.35. The van der Waals surface area contributed by atoms with Gasteiger partial charge in [0.25, 0.3) is 5.69 Å². The summed E-state index contributed by atoms with van der Waals surface area (Å²) in [5.74, 6) is -0.162. The standard InChI is InChI=1S/C14H20N2O4/c1-9(2)7-12(14(17)20-4)15-11-6-5-10(3)8-13(11)16(18)19/h5-6,8-9,12,15H,7H2,1-4H3. The van der Waals surface area contributed by atoms with Crippen LogP contribution < -0.4 is 5.32 Å². The topological polar surface area (TPSA) is 81.5 Å². The molecule has 1 aromatic carbocycles. The van der Waals surface area contributed by atoms with E-state index in [0.29, 0.717) is 12.1 Å². The lowest BCUT2D eigenvalue weighted by Crippen LogP contribution is -2.32. The molecule has 0 spiro atoms. The molecular weight excluding hydrogens is 260 g/mol. The molecule has 0 aliphatic heterocycles. The molecule has 6 heteroatoms. The van der Waals surface area contributed by atoms with Crippen LogP contribution in [0.4, 0.5) is 11.4 Å². The Hall–Kier alpha value is -2.11. The zero-order valence-corrected chi connectivity index (χ0v) is 12.2. The van der Waals surface area contributed by atoms with Crippen molar-refractivity contribution in [2.24, 2.45) is 5.92 Å². The van der Waals surface area contributed by atoms with Crippen molar-refractivity contribution in [1.29, 1.82) is 0 Å². The number of nitrogens with one attached hydrogen (secondary N) is 1. The number of rotatable bonds is 6. The monoisotopic (exact) mass is 280 g/mol. The minimum Gasteiger partial charge on any atom is -0.467 e. The van der Waals surface area contributed by atoms with Gasteiger partial charge in [-0.15, -0.1) is 0 Å². The molecule has 20 heavy (non-hydrogen) atoms. The number of anilines is 1. The van der Waals surface area contributed by atoms with E-state index in [0.717, 1.165) is 5.56 Å². The van der Waals surface area contributed by atoms with Crippen LogP contribution in [0.2, 0.25) is 0 Å². The summed E-state index contributed by atoms with van der Waals surface area (Å²) in [5, 5.41) is 14.0. The molecule has 1 atom stereocenters. The molecule has 1 aromatic rings. The average Bonchev–Trinajstić information content (AvgIpc) is 2.38. The lowest BCUT2D eigenvalue weighted by molar-refractivity contribution is -0.384. The summed E-state index contributed by atoms with van der Waals surface area (Å²) in [6, 6.07) is 4.26. The highest BCUT2D eigenvalue weighted by Gasteiger charge is 2.24. The van der Waals surface area contributed by atoms with Gasteiger partial charge in [-0.05, 0) is 30.9 Å². The predicted molar refractivity (Wildman–Crippen MR) is 76.7 cm³/mol. The van der Waals surface area contributed by atoms with Crippen molar-refractivity contribution >= 4 is 17.3 Å². The number of aryl methyl sites for hydroxylation is 1. The average molecular weight is 280 g/mol. The van der Waals surface area contributed by atoms with Crippen molar-refractivity contribution < 1.29 is 14.5 Å². The molecule has 1 N–H and O–H groups in total. The van der Waals surface area contributed by atoms with Crippen molar-refractivity contribution in [2.75, 3.05) is 12.4 Å². The van der Waals surface area contributed by atoms with E-state index in [1.54, 1.807) is 19.1 Å². The molecule has 0 aliphatic rings. The third-order valence-corrected chi connectivity index (χ3v) is 2.87. The molecule has 0 heterocycles. The molecule has 0 amide bonds. The van der Waals surface area contributed by atoms with Crippen molar-refractivity contribution in [3.63, 3.8) is 0 Å². The number of benzene rings is 1. The van der Waals surface area contributed by atoms with Crippen LogP contribution in [-0.2, 0) is 9.53 Å². The predicted octanol–water partition coefficient (Wildman–Crippen LogP) is 2.90. The summed E-state index contributed by atoms with van der Waals surface area (Å²) < 4.78 is 4.74. The van der Waals surface area contributed by atoms with Gasteiger partial charge < -0.3 is 10.1 Å². The highest BCUT2D eigenvalue weighted by atomic mass is 16.6. The number of esters is 1. The van der Waals surface area contributed by atoms with E-state index in [1.165, 1.54) is 13.2 Å². The molecule has 0 saturated carbocycles. The van der Waals surface area contributed by atoms with Crippen LogP contribution in [-0.4, -0.2) is 24.0 Å². The normalized spacial score (nSPS) is 12.1. The summed E-state index contributed by atoms with van der Waals surface area (Å²) in [7, 11) is 1.31. The van der Waals surface area contributed by atoms with Crippen molar-refractivity contribution in [2.45, 2.75) is 33.2 Å². The molecule has 0 saturated heterocycles. The fourth-order valence-electron chi connectivity index (χ4n) is 1.93. The van der Waals surface area contributed by atoms with Gasteiger partial charge in [-0.25, -0.2) is 4.79 Å². The number of nitro benzene ring substituents is 1. The number of methoxy groups -OCH3 is 1. The van der Waals surface area contributed by atoms with Gasteiger partial charge in [-0.2, -0.15) is 0 Å². The third kappa shape index (κ3) is 4.22. The largest absolute Gasteiger partial charge is 0.467 e. The van der Waals surface area contributed by atoms with Gasteiger partial charge in [0.1, 0.15) is 11.7 Å². The van der Waals surface area contributed by atoms with E-state index in [2.05, 4.69) is 5.32 Å². The summed E-state index contributed by atoms with van der Waals surface area (Å²) in [5.41, 5.74) is 1.08. The summed E-state index contributed by atoms with van der Waals surface area (Å²) >= 11 is 0. The second-order valence-electron chi connectivity index (χ2n) is 5.13. The Kier molecular flexibility index (Phi) is 5.49. The molecule has 0 fully saturated rings. The number of ether oxygens (including phenoxy) is 1. The molecule has 0 radical (unpaired) electrons. The molecule has 0 aromatic heterocycles. The number of carbonyl (C=O) groups excluding carboxylic acids is 1. The second kappa shape index (κ2) is 6.88.